The maximum Gasteiger partial charge on any atom is 0.411 e. The van der Waals surface area contributed by atoms with Crippen LogP contribution in [0.25, 0.3) is 0 Å². The summed E-state index contributed by atoms with van der Waals surface area (Å²) in [5, 5.41) is 2.92. The summed E-state index contributed by atoms with van der Waals surface area (Å²) >= 11 is 4.79. The van der Waals surface area contributed by atoms with E-state index in [1.165, 1.54) is 0 Å². The zero-order chi connectivity index (χ0) is 13.6. The molecule has 0 aliphatic rings. The number of ether oxygens (including phenoxy) is 1. The number of nitrogens with two attached hydrogens (primary N) is 1. The molecule has 0 amide bonds. The molecule has 0 fully saturated rings. The molecule has 0 saturated heterocycles. The first-order valence-corrected chi connectivity index (χ1v) is 5.57. The smallest absolute Gasteiger partial charge is 0.389 e. The first-order valence-electron chi connectivity index (χ1n) is 5.17. The first-order chi connectivity index (χ1) is 8.38. The molecule has 0 aliphatic heterocycles. The maximum atomic E-state index is 11.8. The summed E-state index contributed by atoms with van der Waals surface area (Å²) in [4.78, 5) is 0.301. The van der Waals surface area contributed by atoms with Crippen LogP contribution >= 0.6 is 12.2 Å². The number of thiocarbonyl (C=S) groups is 1. The van der Waals surface area contributed by atoms with E-state index in [0.29, 0.717) is 11.5 Å². The maximum absolute atomic E-state index is 11.8. The highest BCUT2D eigenvalue weighted by Gasteiger charge is 2.27. The summed E-state index contributed by atoms with van der Waals surface area (Å²) in [7, 11) is 0. The Morgan fingerprint density at radius 2 is 1.89 bits per heavy atom. The third-order valence-corrected chi connectivity index (χ3v) is 2.25. The quantitative estimate of drug-likeness (QED) is 0.619. The van der Waals surface area contributed by atoms with E-state index in [1.54, 1.807) is 24.3 Å². The minimum Gasteiger partial charge on any atom is -0.389 e. The van der Waals surface area contributed by atoms with Crippen molar-refractivity contribution < 1.29 is 17.9 Å². The van der Waals surface area contributed by atoms with Crippen molar-refractivity contribution in [3.63, 3.8) is 0 Å². The minimum absolute atomic E-state index is 0.0173. The summed E-state index contributed by atoms with van der Waals surface area (Å²) in [5.74, 6) is 0. The van der Waals surface area contributed by atoms with Gasteiger partial charge in [-0.25, -0.2) is 0 Å². The average Bonchev–Trinajstić information content (AvgIpc) is 2.27. The van der Waals surface area contributed by atoms with E-state index in [1.807, 2.05) is 0 Å². The predicted octanol–water partition coefficient (Wildman–Crippen LogP) is 2.31. The van der Waals surface area contributed by atoms with E-state index >= 15 is 0 Å². The average molecular weight is 278 g/mol. The van der Waals surface area contributed by atoms with Crippen LogP contribution < -0.4 is 11.1 Å². The van der Waals surface area contributed by atoms with Crippen molar-refractivity contribution in [3.05, 3.63) is 29.8 Å². The van der Waals surface area contributed by atoms with Gasteiger partial charge in [-0.1, -0.05) is 12.2 Å². The van der Waals surface area contributed by atoms with Gasteiger partial charge in [0.05, 0.1) is 6.61 Å². The van der Waals surface area contributed by atoms with Gasteiger partial charge in [-0.05, 0) is 24.3 Å². The van der Waals surface area contributed by atoms with Crippen LogP contribution in [0.5, 0.6) is 0 Å². The Kier molecular flexibility index (Phi) is 5.36. The van der Waals surface area contributed by atoms with Gasteiger partial charge in [-0.2, -0.15) is 13.2 Å². The molecule has 0 unspecified atom stereocenters. The summed E-state index contributed by atoms with van der Waals surface area (Å²) in [6, 6.07) is 6.97. The highest BCUT2D eigenvalue weighted by Crippen LogP contribution is 2.14. The standard InChI is InChI=1S/C11H13F3N2OS/c12-11(13,14)7-17-6-5-16-9-3-1-8(2-4-9)10(15)18/h1-4,16H,5-7H2,(H2,15,18). The zero-order valence-corrected chi connectivity index (χ0v) is 10.3. The topological polar surface area (TPSA) is 47.3 Å². The molecule has 0 saturated carbocycles. The molecule has 18 heavy (non-hydrogen) atoms. The molecule has 1 rings (SSSR count). The second-order valence-electron chi connectivity index (χ2n) is 3.54. The first kappa shape index (κ1) is 14.7. The fourth-order valence-electron chi connectivity index (χ4n) is 1.21. The van der Waals surface area contributed by atoms with Crippen molar-refractivity contribution >= 4 is 22.9 Å². The molecule has 0 spiro atoms. The van der Waals surface area contributed by atoms with Crippen LogP contribution in [-0.4, -0.2) is 30.9 Å². The molecule has 0 bridgehead atoms. The molecule has 0 heterocycles. The van der Waals surface area contributed by atoms with Gasteiger partial charge in [-0.15, -0.1) is 0 Å². The zero-order valence-electron chi connectivity index (χ0n) is 9.46. The Morgan fingerprint density at radius 1 is 1.28 bits per heavy atom. The highest BCUT2D eigenvalue weighted by atomic mass is 32.1. The summed E-state index contributed by atoms with van der Waals surface area (Å²) in [6.45, 7) is -0.950. The second-order valence-corrected chi connectivity index (χ2v) is 3.98. The van der Waals surface area contributed by atoms with E-state index in [-0.39, 0.29) is 6.61 Å². The number of nitrogens with one attached hydrogen (secondary N) is 1. The van der Waals surface area contributed by atoms with Crippen molar-refractivity contribution in [2.75, 3.05) is 25.1 Å². The third-order valence-electron chi connectivity index (χ3n) is 2.01. The molecule has 1 aromatic rings. The lowest BCUT2D eigenvalue weighted by Gasteiger charge is -2.09. The summed E-state index contributed by atoms with van der Waals surface area (Å²) < 4.78 is 39.7. The molecule has 100 valence electrons. The highest BCUT2D eigenvalue weighted by molar-refractivity contribution is 7.80. The summed E-state index contributed by atoms with van der Waals surface area (Å²) in [6.07, 6.45) is -4.28. The van der Waals surface area contributed by atoms with Crippen LogP contribution in [0.1, 0.15) is 5.56 Å². The molecule has 0 aliphatic carbocycles. The number of hydrogen-bond donors (Lipinski definition) is 2. The summed E-state index contributed by atoms with van der Waals surface area (Å²) in [5.41, 5.74) is 6.94. The number of rotatable bonds is 6. The van der Waals surface area contributed by atoms with Gasteiger partial charge in [0.2, 0.25) is 0 Å². The fourth-order valence-corrected chi connectivity index (χ4v) is 1.34. The SMILES string of the molecule is NC(=S)c1ccc(NCCOCC(F)(F)F)cc1. The van der Waals surface area contributed by atoms with Crippen LogP contribution in [0.2, 0.25) is 0 Å². The number of alkyl halides is 3. The third kappa shape index (κ3) is 5.83. The molecule has 0 radical (unpaired) electrons. The monoisotopic (exact) mass is 278 g/mol. The van der Waals surface area contributed by atoms with E-state index in [2.05, 4.69) is 10.1 Å². The van der Waals surface area contributed by atoms with Crippen LogP contribution in [-0.2, 0) is 4.74 Å². The van der Waals surface area contributed by atoms with Gasteiger partial charge in [0.25, 0.3) is 0 Å². The van der Waals surface area contributed by atoms with Gasteiger partial charge in [0.15, 0.2) is 0 Å². The van der Waals surface area contributed by atoms with E-state index in [9.17, 15) is 13.2 Å². The molecule has 1 aromatic carbocycles. The second kappa shape index (κ2) is 6.55. The largest absolute Gasteiger partial charge is 0.411 e. The van der Waals surface area contributed by atoms with Crippen LogP contribution in [0, 0.1) is 0 Å². The van der Waals surface area contributed by atoms with Crippen molar-refractivity contribution in [3.8, 4) is 0 Å². The Hall–Kier alpha value is -1.34. The molecular formula is C11H13F3N2OS. The molecule has 3 N–H and O–H groups in total. The van der Waals surface area contributed by atoms with Gasteiger partial charge in [0.1, 0.15) is 11.6 Å². The van der Waals surface area contributed by atoms with E-state index < -0.39 is 12.8 Å². The Morgan fingerprint density at radius 3 is 2.39 bits per heavy atom. The van der Waals surface area contributed by atoms with Crippen LogP contribution in [0.4, 0.5) is 18.9 Å². The number of halogens is 3. The Labute approximate surface area is 108 Å². The molecule has 0 atom stereocenters. The predicted molar refractivity (Wildman–Crippen MR) is 67.7 cm³/mol. The fraction of sp³-hybridized carbons (Fsp3) is 0.364. The lowest BCUT2D eigenvalue weighted by atomic mass is 10.2. The number of hydrogen-bond acceptors (Lipinski definition) is 3. The molecule has 3 nitrogen and oxygen atoms in total. The van der Waals surface area contributed by atoms with Crippen molar-refractivity contribution in [2.24, 2.45) is 5.73 Å². The van der Waals surface area contributed by atoms with E-state index in [0.717, 1.165) is 11.3 Å². The molecule has 0 aromatic heterocycles. The number of benzene rings is 1. The Bertz CT molecular complexity index is 392. The molecular weight excluding hydrogens is 265 g/mol. The normalized spacial score (nSPS) is 11.3. The van der Waals surface area contributed by atoms with Crippen molar-refractivity contribution in [1.29, 1.82) is 0 Å². The van der Waals surface area contributed by atoms with Gasteiger partial charge in [-0.3, -0.25) is 0 Å². The lowest BCUT2D eigenvalue weighted by molar-refractivity contribution is -0.172. The van der Waals surface area contributed by atoms with Gasteiger partial charge < -0.3 is 15.8 Å². The van der Waals surface area contributed by atoms with Gasteiger partial charge >= 0.3 is 6.18 Å². The van der Waals surface area contributed by atoms with Crippen molar-refractivity contribution in [2.45, 2.75) is 6.18 Å². The number of anilines is 1. The molecule has 7 heteroatoms. The minimum atomic E-state index is -4.28. The van der Waals surface area contributed by atoms with Crippen molar-refractivity contribution in [1.82, 2.24) is 0 Å². The van der Waals surface area contributed by atoms with E-state index in [4.69, 9.17) is 18.0 Å². The van der Waals surface area contributed by atoms with Crippen LogP contribution in [0.3, 0.4) is 0 Å². The van der Waals surface area contributed by atoms with Gasteiger partial charge in [0, 0.05) is 17.8 Å². The lowest BCUT2D eigenvalue weighted by Crippen LogP contribution is -2.20. The van der Waals surface area contributed by atoms with Crippen LogP contribution in [0.15, 0.2) is 24.3 Å². The Balaban J connectivity index is 2.25.